The van der Waals surface area contributed by atoms with Crippen molar-refractivity contribution in [3.63, 3.8) is 0 Å². The van der Waals surface area contributed by atoms with Crippen molar-refractivity contribution >= 4 is 23.4 Å². The SMILES string of the molecule is CC1SCCCC1(O)c1ccccc1Cl. The molecular weight excluding hydrogens is 228 g/mol. The molecule has 1 aliphatic rings. The van der Waals surface area contributed by atoms with Gasteiger partial charge in [0.05, 0.1) is 0 Å². The molecule has 0 saturated carbocycles. The lowest BCUT2D eigenvalue weighted by molar-refractivity contribution is 0.0255. The van der Waals surface area contributed by atoms with Crippen molar-refractivity contribution in [1.29, 1.82) is 0 Å². The van der Waals surface area contributed by atoms with Crippen LogP contribution in [0, 0.1) is 0 Å². The Morgan fingerprint density at radius 2 is 2.20 bits per heavy atom. The lowest BCUT2D eigenvalue weighted by Gasteiger charge is -2.38. The quantitative estimate of drug-likeness (QED) is 0.814. The third-order valence-corrected chi connectivity index (χ3v) is 4.83. The van der Waals surface area contributed by atoms with Crippen LogP contribution in [0.2, 0.25) is 5.02 Å². The van der Waals surface area contributed by atoms with E-state index in [9.17, 15) is 5.11 Å². The van der Waals surface area contributed by atoms with Crippen LogP contribution in [0.3, 0.4) is 0 Å². The van der Waals surface area contributed by atoms with Crippen molar-refractivity contribution < 1.29 is 5.11 Å². The molecule has 0 bridgehead atoms. The smallest absolute Gasteiger partial charge is 0.103 e. The maximum Gasteiger partial charge on any atom is 0.103 e. The summed E-state index contributed by atoms with van der Waals surface area (Å²) in [6.07, 6.45) is 1.86. The molecule has 1 aliphatic heterocycles. The highest BCUT2D eigenvalue weighted by Gasteiger charge is 2.39. The fraction of sp³-hybridized carbons (Fsp3) is 0.500. The summed E-state index contributed by atoms with van der Waals surface area (Å²) in [5.41, 5.74) is 0.132. The minimum absolute atomic E-state index is 0.214. The Balaban J connectivity index is 2.39. The first-order chi connectivity index (χ1) is 7.14. The van der Waals surface area contributed by atoms with Crippen LogP contribution in [-0.2, 0) is 5.60 Å². The van der Waals surface area contributed by atoms with Gasteiger partial charge in [-0.25, -0.2) is 0 Å². The van der Waals surface area contributed by atoms with E-state index >= 15 is 0 Å². The first-order valence-corrected chi connectivity index (χ1v) is 6.66. The number of aliphatic hydroxyl groups is 1. The highest BCUT2D eigenvalue weighted by molar-refractivity contribution is 8.00. The highest BCUT2D eigenvalue weighted by Crippen LogP contribution is 2.43. The molecule has 82 valence electrons. The zero-order valence-electron chi connectivity index (χ0n) is 8.74. The summed E-state index contributed by atoms with van der Waals surface area (Å²) >= 11 is 7.96. The van der Waals surface area contributed by atoms with Gasteiger partial charge in [0.25, 0.3) is 0 Å². The van der Waals surface area contributed by atoms with Crippen LogP contribution in [0.1, 0.15) is 25.3 Å². The van der Waals surface area contributed by atoms with E-state index in [4.69, 9.17) is 11.6 Å². The van der Waals surface area contributed by atoms with Gasteiger partial charge in [0.15, 0.2) is 0 Å². The normalized spacial score (nSPS) is 31.5. The van der Waals surface area contributed by atoms with Gasteiger partial charge in [0.2, 0.25) is 0 Å². The molecule has 2 atom stereocenters. The predicted molar refractivity (Wildman–Crippen MR) is 66.5 cm³/mol. The lowest BCUT2D eigenvalue weighted by Crippen LogP contribution is -2.39. The summed E-state index contributed by atoms with van der Waals surface area (Å²) in [5.74, 6) is 1.13. The number of rotatable bonds is 1. The number of hydrogen-bond donors (Lipinski definition) is 1. The first kappa shape index (κ1) is 11.3. The molecule has 1 aromatic rings. The summed E-state index contributed by atoms with van der Waals surface area (Å²) in [5, 5.41) is 11.6. The van der Waals surface area contributed by atoms with Gasteiger partial charge in [-0.05, 0) is 24.7 Å². The maximum atomic E-state index is 10.7. The second-order valence-electron chi connectivity index (χ2n) is 4.02. The van der Waals surface area contributed by atoms with Gasteiger partial charge >= 0.3 is 0 Å². The molecule has 1 saturated heterocycles. The summed E-state index contributed by atoms with van der Waals surface area (Å²) < 4.78 is 0. The van der Waals surface area contributed by atoms with Crippen LogP contribution in [0.5, 0.6) is 0 Å². The molecule has 2 unspecified atom stereocenters. The van der Waals surface area contributed by atoms with Crippen LogP contribution >= 0.6 is 23.4 Å². The molecule has 0 aliphatic carbocycles. The molecule has 2 rings (SSSR count). The first-order valence-electron chi connectivity index (χ1n) is 5.23. The Labute approximate surface area is 99.8 Å². The zero-order valence-corrected chi connectivity index (χ0v) is 10.3. The Morgan fingerprint density at radius 3 is 2.87 bits per heavy atom. The predicted octanol–water partition coefficient (Wildman–Crippen LogP) is 3.44. The van der Waals surface area contributed by atoms with E-state index in [-0.39, 0.29) is 5.25 Å². The van der Waals surface area contributed by atoms with Gasteiger partial charge in [-0.3, -0.25) is 0 Å². The molecule has 1 nitrogen and oxygen atoms in total. The van der Waals surface area contributed by atoms with Crippen molar-refractivity contribution in [3.05, 3.63) is 34.9 Å². The molecule has 15 heavy (non-hydrogen) atoms. The Morgan fingerprint density at radius 1 is 1.47 bits per heavy atom. The fourth-order valence-electron chi connectivity index (χ4n) is 2.11. The summed E-state index contributed by atoms with van der Waals surface area (Å²) in [7, 11) is 0. The molecular formula is C12H15ClOS. The largest absolute Gasteiger partial charge is 0.384 e. The van der Waals surface area contributed by atoms with E-state index in [2.05, 4.69) is 6.92 Å². The summed E-state index contributed by atoms with van der Waals surface area (Å²) in [4.78, 5) is 0. The van der Waals surface area contributed by atoms with Gasteiger partial charge in [0, 0.05) is 15.8 Å². The summed E-state index contributed by atoms with van der Waals surface area (Å²) in [6, 6.07) is 7.62. The van der Waals surface area contributed by atoms with Gasteiger partial charge in [-0.2, -0.15) is 11.8 Å². The van der Waals surface area contributed by atoms with E-state index in [0.29, 0.717) is 5.02 Å². The van der Waals surface area contributed by atoms with Crippen molar-refractivity contribution in [2.45, 2.75) is 30.6 Å². The van der Waals surface area contributed by atoms with Crippen LogP contribution in [0.4, 0.5) is 0 Å². The molecule has 1 N–H and O–H groups in total. The molecule has 1 heterocycles. The third-order valence-electron chi connectivity index (χ3n) is 3.08. The van der Waals surface area contributed by atoms with E-state index in [0.717, 1.165) is 24.2 Å². The fourth-order valence-corrected chi connectivity index (χ4v) is 3.59. The van der Waals surface area contributed by atoms with Gasteiger partial charge in [-0.1, -0.05) is 36.7 Å². The van der Waals surface area contributed by atoms with Crippen LogP contribution < -0.4 is 0 Å². The second kappa shape index (κ2) is 4.36. The standard InChI is InChI=1S/C12H15ClOS/c1-9-12(14,7-4-8-15-9)10-5-2-3-6-11(10)13/h2-3,5-6,9,14H,4,7-8H2,1H3. The topological polar surface area (TPSA) is 20.2 Å². The molecule has 3 heteroatoms. The lowest BCUT2D eigenvalue weighted by atomic mass is 9.86. The summed E-state index contributed by atoms with van der Waals surface area (Å²) in [6.45, 7) is 2.08. The van der Waals surface area contributed by atoms with Crippen molar-refractivity contribution in [1.82, 2.24) is 0 Å². The number of halogens is 1. The van der Waals surface area contributed by atoms with E-state index in [1.54, 1.807) is 0 Å². The highest BCUT2D eigenvalue weighted by atomic mass is 35.5. The Bertz CT molecular complexity index is 355. The molecule has 0 spiro atoms. The average molecular weight is 243 g/mol. The maximum absolute atomic E-state index is 10.7. The third kappa shape index (κ3) is 2.03. The molecule has 0 radical (unpaired) electrons. The number of hydrogen-bond acceptors (Lipinski definition) is 2. The van der Waals surface area contributed by atoms with Gasteiger partial charge < -0.3 is 5.11 Å². The second-order valence-corrected chi connectivity index (χ2v) is 5.88. The molecule has 1 fully saturated rings. The Kier molecular flexibility index (Phi) is 3.29. The van der Waals surface area contributed by atoms with Crippen LogP contribution in [-0.4, -0.2) is 16.1 Å². The van der Waals surface area contributed by atoms with Crippen LogP contribution in [0.25, 0.3) is 0 Å². The van der Waals surface area contributed by atoms with Gasteiger partial charge in [0.1, 0.15) is 5.60 Å². The minimum atomic E-state index is -0.749. The zero-order chi connectivity index (χ0) is 10.9. The van der Waals surface area contributed by atoms with Gasteiger partial charge in [-0.15, -0.1) is 0 Å². The number of benzene rings is 1. The van der Waals surface area contributed by atoms with E-state index < -0.39 is 5.60 Å². The van der Waals surface area contributed by atoms with E-state index in [1.165, 1.54) is 0 Å². The monoisotopic (exact) mass is 242 g/mol. The Hall–Kier alpha value is -0.180. The average Bonchev–Trinajstić information content (AvgIpc) is 2.23. The van der Waals surface area contributed by atoms with E-state index in [1.807, 2.05) is 36.0 Å². The number of thioether (sulfide) groups is 1. The van der Waals surface area contributed by atoms with Crippen LogP contribution in [0.15, 0.2) is 24.3 Å². The molecule has 0 amide bonds. The minimum Gasteiger partial charge on any atom is -0.384 e. The molecule has 0 aromatic heterocycles. The molecule has 1 aromatic carbocycles. The van der Waals surface area contributed by atoms with Crippen molar-refractivity contribution in [3.8, 4) is 0 Å². The van der Waals surface area contributed by atoms with Crippen molar-refractivity contribution in [2.24, 2.45) is 0 Å². The van der Waals surface area contributed by atoms with Crippen molar-refractivity contribution in [2.75, 3.05) is 5.75 Å².